The van der Waals surface area contributed by atoms with E-state index in [1.165, 1.54) is 107 Å². The number of rotatable bonds is 18. The first kappa shape index (κ1) is 82.7. The summed E-state index contributed by atoms with van der Waals surface area (Å²) >= 11 is 0. The van der Waals surface area contributed by atoms with Gasteiger partial charge in [-0.15, -0.1) is 0 Å². The van der Waals surface area contributed by atoms with Crippen molar-refractivity contribution in [2.24, 2.45) is 0 Å². The van der Waals surface area contributed by atoms with Crippen molar-refractivity contribution in [2.75, 3.05) is 101 Å². The molecule has 24 nitrogen and oxygen atoms in total. The van der Waals surface area contributed by atoms with Crippen molar-refractivity contribution in [3.8, 4) is 0 Å². The average Bonchev–Trinajstić information content (AvgIpc) is 4.26. The summed E-state index contributed by atoms with van der Waals surface area (Å²) in [7, 11) is 4.66. The lowest BCUT2D eigenvalue weighted by Gasteiger charge is -2.05. The molecule has 0 radical (unpaired) electrons. The molecule has 8 N–H and O–H groups in total. The van der Waals surface area contributed by atoms with Crippen molar-refractivity contribution in [2.45, 2.75) is 61.8 Å². The quantitative estimate of drug-likeness (QED) is 0.0227. The van der Waals surface area contributed by atoms with Crippen molar-refractivity contribution in [1.29, 1.82) is 10.8 Å². The number of methoxy groups -OCH3 is 3. The standard InChI is InChI=1S/C12H14O6.2C12H14O4.C10H10O4.C4H8O.C2H6O2.2CH3N.CH4O.3CH4/c13-5-7-17-11(15)9-1-2-10(4-3-9)12(16)18-8-6-14;2*1-3-8-16-12(14)10-6-4-9(5-7-10)11(13)15-2;1-14-10(13)8-4-2-7(3-5-8)9(12)6-11;1-2-4-5-3-1;3-1-2-4;3*1-2;;;/h1-4,13-14H,5-8H2;2*4-7H,3,8H2,1-2H3;2-5,11H,6H2,1H3;1-4H2;3-4H,1-2H2;2*2H,1H2;2H,1H3;3*1H4/i;;;;;;;;;1TD;;. The van der Waals surface area contributed by atoms with E-state index in [0.717, 1.165) is 33.2 Å². The Hall–Kier alpha value is -8.10. The fourth-order valence-electron chi connectivity index (χ4n) is 4.97. The van der Waals surface area contributed by atoms with Crippen LogP contribution in [0.25, 0.3) is 0 Å². The van der Waals surface area contributed by atoms with Gasteiger partial charge in [0, 0.05) is 28.6 Å². The first-order chi connectivity index (χ1) is 39.6. The minimum absolute atomic E-state index is 0. The molecule has 0 saturated carbocycles. The van der Waals surface area contributed by atoms with Gasteiger partial charge in [0.25, 0.3) is 0 Å². The predicted octanol–water partition coefficient (Wildman–Crippen LogP) is 6.53. The maximum atomic E-state index is 11.4. The topological polar surface area (TPSA) is 379 Å². The van der Waals surface area contributed by atoms with Crippen molar-refractivity contribution >= 4 is 61.0 Å². The van der Waals surface area contributed by atoms with Crippen molar-refractivity contribution in [3.05, 3.63) is 142 Å². The van der Waals surface area contributed by atoms with Gasteiger partial charge in [0.1, 0.15) is 19.8 Å². The lowest BCUT2D eigenvalue weighted by Crippen LogP contribution is -2.11. The highest BCUT2D eigenvalue weighted by Crippen LogP contribution is 2.11. The molecular formula is C58H88N2O22. The number of carbonyl (C=O) groups is 8. The molecule has 1 aliphatic rings. The number of benzene rings is 4. The zero-order valence-corrected chi connectivity index (χ0v) is 46.2. The molecule has 0 bridgehead atoms. The third-order valence-corrected chi connectivity index (χ3v) is 8.66. The van der Waals surface area contributed by atoms with E-state index in [1.807, 2.05) is 13.8 Å². The third-order valence-electron chi connectivity index (χ3n) is 8.66. The average molecular weight is 1170 g/mol. The van der Waals surface area contributed by atoms with Gasteiger partial charge in [-0.25, -0.2) is 33.6 Å². The summed E-state index contributed by atoms with van der Waals surface area (Å²) in [6.45, 7) is 10.3. The Morgan fingerprint density at radius 2 is 0.659 bits per heavy atom. The second-order valence-corrected chi connectivity index (χ2v) is 14.1. The van der Waals surface area contributed by atoms with E-state index in [9.17, 15) is 38.4 Å². The van der Waals surface area contributed by atoms with Gasteiger partial charge < -0.3 is 79.4 Å². The molecule has 0 aromatic heterocycles. The van der Waals surface area contributed by atoms with E-state index in [1.54, 1.807) is 24.3 Å². The molecule has 1 saturated heterocycles. The van der Waals surface area contributed by atoms with Gasteiger partial charge in [-0.2, -0.15) is 0 Å². The van der Waals surface area contributed by atoms with Crippen LogP contribution in [0.4, 0.5) is 0 Å². The monoisotopic (exact) mass is 1170 g/mol. The molecule has 1 heterocycles. The Balaban J connectivity index is -0.000000170. The minimum Gasteiger partial charge on any atom is -0.465 e. The van der Waals surface area contributed by atoms with Crippen LogP contribution < -0.4 is 0 Å². The molecule has 82 heavy (non-hydrogen) atoms. The summed E-state index contributed by atoms with van der Waals surface area (Å²) in [5.74, 6) is -3.56. The van der Waals surface area contributed by atoms with Crippen LogP contribution >= 0.6 is 0 Å². The van der Waals surface area contributed by atoms with Crippen LogP contribution in [-0.2, 0) is 37.9 Å². The SMILES string of the molecule is C.C.C1CCOC1.C=N.C=N.CCCOC(=O)c1ccc(C(=O)OC)cc1.CCCOC(=O)c1ccc(C(=O)OC)cc1.CO.COC(=O)c1ccc(C(=O)CO)cc1.O=C(OCCO)c1ccc(C(=O)OCCO)cc1.OCCO.[2H]C[3H]. The summed E-state index contributed by atoms with van der Waals surface area (Å²) in [5.41, 5.74) is 3.00. The number of carbonyl (C=O) groups excluding carboxylic acids is 8. The van der Waals surface area contributed by atoms with Gasteiger partial charge in [0.15, 0.2) is 5.78 Å². The number of aliphatic hydroxyl groups excluding tert-OH is 6. The second kappa shape index (κ2) is 60.5. The normalized spacial score (nSPS) is 9.80. The fourth-order valence-corrected chi connectivity index (χ4v) is 4.97. The van der Waals surface area contributed by atoms with E-state index >= 15 is 0 Å². The Bertz CT molecular complexity index is 2130. The Kier molecular flexibility index (Phi) is 61.1. The molecule has 0 atom stereocenters. The molecule has 1 aliphatic heterocycles. The maximum Gasteiger partial charge on any atom is 0.338 e. The molecular weight excluding hydrogens is 1080 g/mol. The smallest absolute Gasteiger partial charge is 0.338 e. The first-order valence-corrected chi connectivity index (χ1v) is 23.8. The molecule has 4 aromatic rings. The van der Waals surface area contributed by atoms with Gasteiger partial charge in [-0.3, -0.25) is 4.79 Å². The Labute approximate surface area is 484 Å². The lowest BCUT2D eigenvalue weighted by atomic mass is 10.1. The highest BCUT2D eigenvalue weighted by atomic mass is 16.6. The molecule has 0 unspecified atom stereocenters. The van der Waals surface area contributed by atoms with Crippen LogP contribution in [0.1, 0.15) is 147 Å². The lowest BCUT2D eigenvalue weighted by molar-refractivity contribution is 0.0422. The maximum absolute atomic E-state index is 11.4. The zero-order valence-electron chi connectivity index (χ0n) is 48.2. The van der Waals surface area contributed by atoms with Crippen molar-refractivity contribution < 1.29 is 110 Å². The number of nitrogens with one attached hydrogen (secondary N) is 2. The number of hydrogen-bond acceptors (Lipinski definition) is 24. The van der Waals surface area contributed by atoms with Crippen LogP contribution in [0.5, 0.6) is 0 Å². The molecule has 462 valence electrons. The number of hydrogen-bond donors (Lipinski definition) is 8. The van der Waals surface area contributed by atoms with Crippen molar-refractivity contribution in [1.82, 2.24) is 0 Å². The van der Waals surface area contributed by atoms with Crippen LogP contribution in [0, 0.1) is 10.8 Å². The zero-order chi connectivity index (χ0) is 63.5. The van der Waals surface area contributed by atoms with Crippen LogP contribution in [0.15, 0.2) is 97.1 Å². The molecule has 5 rings (SSSR count). The van der Waals surface area contributed by atoms with Crippen molar-refractivity contribution in [3.63, 3.8) is 0 Å². The Morgan fingerprint density at radius 1 is 0.451 bits per heavy atom. The number of ketones is 1. The van der Waals surface area contributed by atoms with Gasteiger partial charge in [0.2, 0.25) is 0 Å². The first-order valence-electron chi connectivity index (χ1n) is 25.2. The second-order valence-electron chi connectivity index (χ2n) is 14.1. The molecule has 0 aliphatic carbocycles. The molecule has 4 aromatic carbocycles. The highest BCUT2D eigenvalue weighted by molar-refractivity contribution is 5.98. The summed E-state index contributed by atoms with van der Waals surface area (Å²) < 4.78 is 49.6. The van der Waals surface area contributed by atoms with Crippen LogP contribution in [0.2, 0.25) is 0 Å². The van der Waals surface area contributed by atoms with E-state index < -0.39 is 36.5 Å². The van der Waals surface area contributed by atoms with Gasteiger partial charge in [0.05, 0.1) is 99.9 Å². The fraction of sp³-hybridized carbons (Fsp3) is 0.414. The van der Waals surface area contributed by atoms with Crippen LogP contribution in [0.3, 0.4) is 0 Å². The number of ether oxygens (including phenoxy) is 8. The summed E-state index contributed by atoms with van der Waals surface area (Å²) in [6.07, 6.45) is 4.12. The summed E-state index contributed by atoms with van der Waals surface area (Å²) in [4.78, 5) is 89.8. The largest absolute Gasteiger partial charge is 0.465 e. The van der Waals surface area contributed by atoms with Gasteiger partial charge in [-0.05, 0) is 124 Å². The van der Waals surface area contributed by atoms with E-state index in [4.69, 9.17) is 67.9 Å². The van der Waals surface area contributed by atoms with E-state index in [2.05, 4.69) is 27.6 Å². The van der Waals surface area contributed by atoms with Gasteiger partial charge in [-0.1, -0.05) is 48.2 Å². The Morgan fingerprint density at radius 3 is 0.817 bits per heavy atom. The van der Waals surface area contributed by atoms with Crippen LogP contribution in [-0.4, -0.2) is 193 Å². The molecule has 0 spiro atoms. The molecule has 24 heteroatoms. The van der Waals surface area contributed by atoms with E-state index in [-0.39, 0.29) is 90.7 Å². The number of esters is 7. The predicted molar refractivity (Wildman–Crippen MR) is 309 cm³/mol. The molecule has 0 amide bonds. The number of aliphatic hydroxyl groups is 6. The molecule has 1 fully saturated rings. The van der Waals surface area contributed by atoms with Gasteiger partial charge >= 0.3 is 41.8 Å². The number of Topliss-reactive ketones (excluding diaryl/α,β-unsaturated/α-hetero) is 1. The summed E-state index contributed by atoms with van der Waals surface area (Å²) in [6, 6.07) is 23.9. The highest BCUT2D eigenvalue weighted by Gasteiger charge is 2.13. The van der Waals surface area contributed by atoms with E-state index in [0.29, 0.717) is 46.6 Å². The summed E-state index contributed by atoms with van der Waals surface area (Å²) in [5, 5.41) is 58.8. The minimum atomic E-state index is -0.570. The third kappa shape index (κ3) is 41.0.